The minimum absolute atomic E-state index is 0.233. The van der Waals surface area contributed by atoms with Gasteiger partial charge in [-0.1, -0.05) is 18.2 Å². The quantitative estimate of drug-likeness (QED) is 0.709. The summed E-state index contributed by atoms with van der Waals surface area (Å²) in [5.74, 6) is -1.56. The number of amides is 2. The van der Waals surface area contributed by atoms with Gasteiger partial charge in [0.1, 0.15) is 6.04 Å². The summed E-state index contributed by atoms with van der Waals surface area (Å²) in [5, 5.41) is 14.2. The zero-order valence-corrected chi connectivity index (χ0v) is 11.5. The number of nitrogens with one attached hydrogen (secondary N) is 2. The van der Waals surface area contributed by atoms with Crippen molar-refractivity contribution in [1.82, 2.24) is 10.6 Å². The van der Waals surface area contributed by atoms with Crippen molar-refractivity contribution in [2.75, 3.05) is 6.54 Å². The molecule has 0 heterocycles. The Hall–Kier alpha value is -2.37. The van der Waals surface area contributed by atoms with E-state index < -0.39 is 12.0 Å². The van der Waals surface area contributed by atoms with Crippen molar-refractivity contribution in [3.05, 3.63) is 35.4 Å². The van der Waals surface area contributed by atoms with E-state index in [1.165, 1.54) is 13.0 Å². The van der Waals surface area contributed by atoms with Crippen LogP contribution in [0.3, 0.4) is 0 Å². The number of carbonyl (C=O) groups is 3. The zero-order chi connectivity index (χ0) is 15.1. The highest BCUT2D eigenvalue weighted by atomic mass is 16.4. The van der Waals surface area contributed by atoms with Gasteiger partial charge in [-0.25, -0.2) is 4.79 Å². The van der Waals surface area contributed by atoms with Gasteiger partial charge in [-0.15, -0.1) is 0 Å². The molecule has 0 aromatic heterocycles. The molecule has 6 heteroatoms. The average Bonchev–Trinajstić information content (AvgIpc) is 2.38. The Bertz CT molecular complexity index is 514. The van der Waals surface area contributed by atoms with E-state index in [1.54, 1.807) is 25.1 Å². The lowest BCUT2D eigenvalue weighted by Crippen LogP contribution is -2.44. The van der Waals surface area contributed by atoms with E-state index in [0.29, 0.717) is 18.5 Å². The minimum atomic E-state index is -0.987. The fourth-order valence-electron chi connectivity index (χ4n) is 1.79. The topological polar surface area (TPSA) is 95.5 Å². The Kier molecular flexibility index (Phi) is 5.71. The highest BCUT2D eigenvalue weighted by Gasteiger charge is 2.13. The van der Waals surface area contributed by atoms with Crippen molar-refractivity contribution >= 4 is 17.8 Å². The molecule has 0 radical (unpaired) electrons. The molecule has 6 nitrogen and oxygen atoms in total. The summed E-state index contributed by atoms with van der Waals surface area (Å²) in [4.78, 5) is 33.5. The molecular weight excluding hydrogens is 260 g/mol. The van der Waals surface area contributed by atoms with Crippen molar-refractivity contribution in [1.29, 1.82) is 0 Å². The highest BCUT2D eigenvalue weighted by Crippen LogP contribution is 2.08. The number of hydrogen-bond acceptors (Lipinski definition) is 3. The van der Waals surface area contributed by atoms with Gasteiger partial charge in [0.05, 0.1) is 5.56 Å². The van der Waals surface area contributed by atoms with Crippen LogP contribution in [0.15, 0.2) is 24.3 Å². The lowest BCUT2D eigenvalue weighted by atomic mass is 10.0. The second-order valence-electron chi connectivity index (χ2n) is 4.43. The molecule has 2 amide bonds. The predicted octanol–water partition coefficient (Wildman–Crippen LogP) is 0.568. The molecule has 108 valence electrons. The van der Waals surface area contributed by atoms with Crippen molar-refractivity contribution < 1.29 is 19.5 Å². The molecule has 0 aliphatic carbocycles. The lowest BCUT2D eigenvalue weighted by Gasteiger charge is -2.13. The van der Waals surface area contributed by atoms with Gasteiger partial charge >= 0.3 is 5.97 Å². The van der Waals surface area contributed by atoms with Crippen LogP contribution in [0, 0.1) is 0 Å². The maximum absolute atomic E-state index is 11.6. The Labute approximate surface area is 117 Å². The van der Waals surface area contributed by atoms with Crippen LogP contribution in [0.1, 0.15) is 29.8 Å². The van der Waals surface area contributed by atoms with E-state index in [2.05, 4.69) is 10.6 Å². The molecule has 1 aromatic carbocycles. The van der Waals surface area contributed by atoms with Gasteiger partial charge in [0.25, 0.3) is 0 Å². The van der Waals surface area contributed by atoms with Gasteiger partial charge in [0.2, 0.25) is 11.8 Å². The first-order chi connectivity index (χ1) is 9.41. The molecule has 0 spiro atoms. The first-order valence-electron chi connectivity index (χ1n) is 6.28. The lowest BCUT2D eigenvalue weighted by molar-refractivity contribution is -0.127. The van der Waals surface area contributed by atoms with Gasteiger partial charge in [-0.2, -0.15) is 0 Å². The Balaban J connectivity index is 2.51. The van der Waals surface area contributed by atoms with Gasteiger partial charge < -0.3 is 15.7 Å². The number of carboxylic acid groups (broad SMARTS) is 1. The van der Waals surface area contributed by atoms with Crippen LogP contribution in [-0.2, 0) is 16.0 Å². The van der Waals surface area contributed by atoms with Crippen LogP contribution in [0.2, 0.25) is 0 Å². The summed E-state index contributed by atoms with van der Waals surface area (Å²) in [7, 11) is 0. The largest absolute Gasteiger partial charge is 0.478 e. The maximum Gasteiger partial charge on any atom is 0.335 e. The van der Waals surface area contributed by atoms with Crippen LogP contribution in [0.5, 0.6) is 0 Å². The third-order valence-corrected chi connectivity index (χ3v) is 2.75. The average molecular weight is 278 g/mol. The summed E-state index contributed by atoms with van der Waals surface area (Å²) in [5.41, 5.74) is 0.893. The molecule has 0 saturated carbocycles. The van der Waals surface area contributed by atoms with E-state index in [9.17, 15) is 14.4 Å². The van der Waals surface area contributed by atoms with Gasteiger partial charge in [0, 0.05) is 13.5 Å². The van der Waals surface area contributed by atoms with Crippen molar-refractivity contribution in [3.8, 4) is 0 Å². The fraction of sp³-hybridized carbons (Fsp3) is 0.357. The van der Waals surface area contributed by atoms with Crippen LogP contribution < -0.4 is 10.6 Å². The second kappa shape index (κ2) is 7.28. The summed E-state index contributed by atoms with van der Waals surface area (Å²) < 4.78 is 0. The molecule has 0 saturated heterocycles. The molecule has 20 heavy (non-hydrogen) atoms. The monoisotopic (exact) mass is 278 g/mol. The Morgan fingerprint density at radius 2 is 1.90 bits per heavy atom. The fourth-order valence-corrected chi connectivity index (χ4v) is 1.79. The molecule has 0 aliphatic heterocycles. The normalized spacial score (nSPS) is 11.5. The van der Waals surface area contributed by atoms with Crippen LogP contribution >= 0.6 is 0 Å². The second-order valence-corrected chi connectivity index (χ2v) is 4.43. The molecule has 1 rings (SSSR count). The van der Waals surface area contributed by atoms with Gasteiger partial charge in [0.15, 0.2) is 0 Å². The molecule has 3 N–H and O–H groups in total. The summed E-state index contributed by atoms with van der Waals surface area (Å²) in [6.07, 6.45) is 0.418. The first kappa shape index (κ1) is 15.7. The van der Waals surface area contributed by atoms with Crippen molar-refractivity contribution in [2.45, 2.75) is 26.3 Å². The standard InChI is InChI=1S/C14H18N2O4/c1-9(16-10(2)17)13(18)15-8-7-11-5-3-4-6-12(11)14(19)20/h3-6,9H,7-8H2,1-2H3,(H,15,18)(H,16,17)(H,19,20). The first-order valence-corrected chi connectivity index (χ1v) is 6.28. The van der Waals surface area contributed by atoms with E-state index >= 15 is 0 Å². The summed E-state index contributed by atoms with van der Waals surface area (Å²) in [6.45, 7) is 3.24. The van der Waals surface area contributed by atoms with Crippen LogP contribution in [-0.4, -0.2) is 35.5 Å². The maximum atomic E-state index is 11.6. The number of hydrogen-bond donors (Lipinski definition) is 3. The van der Waals surface area contributed by atoms with E-state index in [0.717, 1.165) is 0 Å². The molecule has 0 aliphatic rings. The van der Waals surface area contributed by atoms with Crippen molar-refractivity contribution in [2.24, 2.45) is 0 Å². The molecule has 1 atom stereocenters. The number of rotatable bonds is 6. The molecule has 1 unspecified atom stereocenters. The zero-order valence-electron chi connectivity index (χ0n) is 11.5. The number of aromatic carboxylic acids is 1. The van der Waals surface area contributed by atoms with Crippen molar-refractivity contribution in [3.63, 3.8) is 0 Å². The van der Waals surface area contributed by atoms with Gasteiger partial charge in [-0.3, -0.25) is 9.59 Å². The van der Waals surface area contributed by atoms with Crippen LogP contribution in [0.25, 0.3) is 0 Å². The molecule has 0 bridgehead atoms. The van der Waals surface area contributed by atoms with E-state index in [-0.39, 0.29) is 17.4 Å². The molecule has 0 fully saturated rings. The number of benzene rings is 1. The minimum Gasteiger partial charge on any atom is -0.478 e. The predicted molar refractivity (Wildman–Crippen MR) is 73.4 cm³/mol. The summed E-state index contributed by atoms with van der Waals surface area (Å²) in [6, 6.07) is 6.04. The van der Waals surface area contributed by atoms with E-state index in [1.807, 2.05) is 0 Å². The third kappa shape index (κ3) is 4.72. The molecule has 1 aromatic rings. The number of carboxylic acids is 1. The van der Waals surface area contributed by atoms with E-state index in [4.69, 9.17) is 5.11 Å². The van der Waals surface area contributed by atoms with Crippen LogP contribution in [0.4, 0.5) is 0 Å². The Morgan fingerprint density at radius 1 is 1.25 bits per heavy atom. The molecular formula is C14H18N2O4. The third-order valence-electron chi connectivity index (χ3n) is 2.75. The SMILES string of the molecule is CC(=O)NC(C)C(=O)NCCc1ccccc1C(=O)O. The van der Waals surface area contributed by atoms with Gasteiger partial charge in [-0.05, 0) is 25.0 Å². The number of carbonyl (C=O) groups excluding carboxylic acids is 2. The summed E-state index contributed by atoms with van der Waals surface area (Å²) >= 11 is 0. The highest BCUT2D eigenvalue weighted by molar-refractivity contribution is 5.89. The Morgan fingerprint density at radius 3 is 2.50 bits per heavy atom. The smallest absolute Gasteiger partial charge is 0.335 e.